The molecule has 2 atom stereocenters. The van der Waals surface area contributed by atoms with Gasteiger partial charge in [0.15, 0.2) is 6.10 Å². The quantitative estimate of drug-likeness (QED) is 0.495. The maximum absolute atomic E-state index is 11.4. The Morgan fingerprint density at radius 1 is 1.40 bits per heavy atom. The van der Waals surface area contributed by atoms with Gasteiger partial charge in [0.05, 0.1) is 12.6 Å². The average molecular weight is 159 g/mol. The number of hydrogen-bond acceptors (Lipinski definition) is 3. The molecule has 6 heteroatoms. The summed E-state index contributed by atoms with van der Waals surface area (Å²) in [7, 11) is 0. The lowest BCUT2D eigenvalue weighted by Gasteiger charge is -2.18. The third kappa shape index (κ3) is 2.51. The fourth-order valence-electron chi connectivity index (χ4n) is 0.343. The van der Waals surface area contributed by atoms with E-state index in [4.69, 9.17) is 10.2 Å². The molecule has 0 aromatic rings. The van der Waals surface area contributed by atoms with Gasteiger partial charge in [0.25, 0.3) is 0 Å². The second-order valence-corrected chi connectivity index (χ2v) is 1.83. The van der Waals surface area contributed by atoms with Crippen LogP contribution in [0.15, 0.2) is 0 Å². The first-order chi connectivity index (χ1) is 4.39. The van der Waals surface area contributed by atoms with Gasteiger partial charge in [-0.15, -0.1) is 0 Å². The van der Waals surface area contributed by atoms with E-state index in [2.05, 4.69) is 5.73 Å². The number of hydrogen-bond donors (Lipinski definition) is 3. The lowest BCUT2D eigenvalue weighted by Crippen LogP contribution is -2.47. The van der Waals surface area contributed by atoms with Crippen molar-refractivity contribution in [1.82, 2.24) is 0 Å². The molecular weight excluding hydrogens is 151 g/mol. The largest absolute Gasteiger partial charge is 0.415 e. The van der Waals surface area contributed by atoms with Crippen LogP contribution in [0.1, 0.15) is 0 Å². The number of alkyl halides is 3. The minimum Gasteiger partial charge on any atom is -0.395 e. The molecule has 0 aromatic heterocycles. The monoisotopic (exact) mass is 159 g/mol. The van der Waals surface area contributed by atoms with Crippen LogP contribution < -0.4 is 5.73 Å². The fraction of sp³-hybridized carbons (Fsp3) is 1.00. The number of aliphatic hydroxyl groups is 2. The Morgan fingerprint density at radius 3 is 1.90 bits per heavy atom. The second kappa shape index (κ2) is 3.18. The van der Waals surface area contributed by atoms with Crippen LogP contribution in [0.4, 0.5) is 13.2 Å². The van der Waals surface area contributed by atoms with Gasteiger partial charge in [-0.2, -0.15) is 13.2 Å². The summed E-state index contributed by atoms with van der Waals surface area (Å²) in [5, 5.41) is 16.3. The van der Waals surface area contributed by atoms with E-state index in [0.717, 1.165) is 0 Å². The topological polar surface area (TPSA) is 66.5 Å². The van der Waals surface area contributed by atoms with E-state index in [1.807, 2.05) is 0 Å². The van der Waals surface area contributed by atoms with Gasteiger partial charge in [0.2, 0.25) is 0 Å². The van der Waals surface area contributed by atoms with Crippen LogP contribution in [0.5, 0.6) is 0 Å². The van der Waals surface area contributed by atoms with Crippen LogP contribution in [-0.2, 0) is 0 Å². The first-order valence-electron chi connectivity index (χ1n) is 2.50. The van der Waals surface area contributed by atoms with E-state index in [1.165, 1.54) is 0 Å². The highest BCUT2D eigenvalue weighted by Gasteiger charge is 2.41. The van der Waals surface area contributed by atoms with Crippen molar-refractivity contribution in [2.24, 2.45) is 5.73 Å². The molecule has 0 aromatic carbocycles. The first kappa shape index (κ1) is 9.67. The van der Waals surface area contributed by atoms with Gasteiger partial charge < -0.3 is 15.9 Å². The van der Waals surface area contributed by atoms with Gasteiger partial charge in [0, 0.05) is 0 Å². The smallest absolute Gasteiger partial charge is 0.395 e. The molecule has 3 nitrogen and oxygen atoms in total. The second-order valence-electron chi connectivity index (χ2n) is 1.83. The third-order valence-corrected chi connectivity index (χ3v) is 0.952. The van der Waals surface area contributed by atoms with Crippen LogP contribution in [0.2, 0.25) is 0 Å². The molecule has 0 bridgehead atoms. The van der Waals surface area contributed by atoms with Crippen molar-refractivity contribution >= 4 is 0 Å². The van der Waals surface area contributed by atoms with E-state index in [0.29, 0.717) is 0 Å². The molecule has 0 fully saturated rings. The Kier molecular flexibility index (Phi) is 3.07. The first-order valence-corrected chi connectivity index (χ1v) is 2.50. The van der Waals surface area contributed by atoms with E-state index < -0.39 is 24.9 Å². The zero-order valence-electron chi connectivity index (χ0n) is 4.97. The Morgan fingerprint density at radius 2 is 1.80 bits per heavy atom. The van der Waals surface area contributed by atoms with E-state index in [-0.39, 0.29) is 0 Å². The summed E-state index contributed by atoms with van der Waals surface area (Å²) in [4.78, 5) is 0. The average Bonchev–Trinajstić information content (AvgIpc) is 1.83. The Bertz CT molecular complexity index is 105. The Balaban J connectivity index is 3.94. The molecule has 0 heterocycles. The summed E-state index contributed by atoms with van der Waals surface area (Å²) in [6, 6.07) is -1.65. The van der Waals surface area contributed by atoms with Gasteiger partial charge in [-0.1, -0.05) is 0 Å². The highest BCUT2D eigenvalue weighted by molar-refractivity contribution is 4.76. The van der Waals surface area contributed by atoms with Gasteiger partial charge in [0.1, 0.15) is 0 Å². The fourth-order valence-corrected chi connectivity index (χ4v) is 0.343. The van der Waals surface area contributed by atoms with Crippen LogP contribution in [-0.4, -0.2) is 35.1 Å². The van der Waals surface area contributed by atoms with E-state index >= 15 is 0 Å². The Hall–Kier alpha value is -0.330. The lowest BCUT2D eigenvalue weighted by atomic mass is 10.2. The number of nitrogens with two attached hydrogens (primary N) is 1. The van der Waals surface area contributed by atoms with Crippen LogP contribution >= 0.6 is 0 Å². The maximum atomic E-state index is 11.4. The molecule has 0 aliphatic carbocycles. The molecule has 0 aliphatic rings. The maximum Gasteiger partial charge on any atom is 0.415 e. The van der Waals surface area contributed by atoms with Gasteiger partial charge in [-0.3, -0.25) is 0 Å². The number of rotatable bonds is 2. The molecule has 0 saturated carbocycles. The zero-order valence-corrected chi connectivity index (χ0v) is 4.97. The lowest BCUT2D eigenvalue weighted by molar-refractivity contribution is -0.211. The molecule has 10 heavy (non-hydrogen) atoms. The minimum absolute atomic E-state index is 0.888. The predicted molar refractivity (Wildman–Crippen MR) is 27.1 cm³/mol. The molecule has 0 saturated heterocycles. The number of halogens is 3. The summed E-state index contributed by atoms with van der Waals surface area (Å²) in [6.45, 7) is -0.888. The molecule has 0 spiro atoms. The molecule has 0 amide bonds. The van der Waals surface area contributed by atoms with Crippen LogP contribution in [0.3, 0.4) is 0 Å². The molecule has 62 valence electrons. The molecule has 0 radical (unpaired) electrons. The van der Waals surface area contributed by atoms with Crippen molar-refractivity contribution in [3.05, 3.63) is 0 Å². The highest BCUT2D eigenvalue weighted by atomic mass is 19.4. The van der Waals surface area contributed by atoms with Crippen LogP contribution in [0, 0.1) is 0 Å². The minimum atomic E-state index is -4.75. The van der Waals surface area contributed by atoms with Crippen molar-refractivity contribution in [2.45, 2.75) is 18.3 Å². The molecule has 0 unspecified atom stereocenters. The van der Waals surface area contributed by atoms with E-state index in [9.17, 15) is 13.2 Å². The van der Waals surface area contributed by atoms with Crippen molar-refractivity contribution in [3.8, 4) is 0 Å². The molecule has 0 aliphatic heterocycles. The van der Waals surface area contributed by atoms with Gasteiger partial charge in [-0.25, -0.2) is 0 Å². The van der Waals surface area contributed by atoms with Crippen molar-refractivity contribution < 1.29 is 23.4 Å². The standard InChI is InChI=1S/C4H8F3NO2/c5-4(6,7)3(10)2(8)1-9/h2-3,9-10H,1,8H2/t2-,3-/m0/s1. The third-order valence-electron chi connectivity index (χ3n) is 0.952. The zero-order chi connectivity index (χ0) is 8.36. The molecular formula is C4H8F3NO2. The van der Waals surface area contributed by atoms with Crippen molar-refractivity contribution in [1.29, 1.82) is 0 Å². The molecule has 0 rings (SSSR count). The highest BCUT2D eigenvalue weighted by Crippen LogP contribution is 2.21. The predicted octanol–water partition coefficient (Wildman–Crippen LogP) is -0.771. The summed E-state index contributed by atoms with van der Waals surface area (Å²) in [6.07, 6.45) is -7.39. The van der Waals surface area contributed by atoms with Crippen molar-refractivity contribution in [3.63, 3.8) is 0 Å². The van der Waals surface area contributed by atoms with Gasteiger partial charge in [-0.05, 0) is 0 Å². The normalized spacial score (nSPS) is 18.6. The van der Waals surface area contributed by atoms with Crippen LogP contribution in [0.25, 0.3) is 0 Å². The number of aliphatic hydroxyl groups excluding tert-OH is 2. The summed E-state index contributed by atoms with van der Waals surface area (Å²) in [5.41, 5.74) is 4.68. The summed E-state index contributed by atoms with van der Waals surface area (Å²) < 4.78 is 34.3. The molecule has 4 N–H and O–H groups in total. The Labute approximate surface area is 55.3 Å². The van der Waals surface area contributed by atoms with E-state index in [1.54, 1.807) is 0 Å². The summed E-state index contributed by atoms with van der Waals surface area (Å²) >= 11 is 0. The summed E-state index contributed by atoms with van der Waals surface area (Å²) in [5.74, 6) is 0. The SMILES string of the molecule is N[C@@H](CO)[C@H](O)C(F)(F)F. The van der Waals surface area contributed by atoms with Gasteiger partial charge >= 0.3 is 6.18 Å². The van der Waals surface area contributed by atoms with Crippen molar-refractivity contribution in [2.75, 3.05) is 6.61 Å².